The third kappa shape index (κ3) is 3.16. The van der Waals surface area contributed by atoms with Crippen molar-refractivity contribution in [2.75, 3.05) is 26.2 Å². The van der Waals surface area contributed by atoms with Crippen LogP contribution in [0.25, 0.3) is 0 Å². The number of carbonyl (C=O) groups excluding carboxylic acids is 1. The third-order valence-electron chi connectivity index (χ3n) is 4.16. The van der Waals surface area contributed by atoms with Crippen molar-refractivity contribution in [3.8, 4) is 0 Å². The largest absolute Gasteiger partial charge is 0.367 e. The van der Waals surface area contributed by atoms with Crippen molar-refractivity contribution in [2.45, 2.75) is 13.5 Å². The molecule has 2 heterocycles. The number of nitrogens with zero attached hydrogens (tertiary/aromatic N) is 2. The lowest BCUT2D eigenvalue weighted by Gasteiger charge is -2.34. The summed E-state index contributed by atoms with van der Waals surface area (Å²) < 4.78 is 0. The zero-order chi connectivity index (χ0) is 14.7. The molecular weight excluding hydrogens is 262 g/mol. The maximum absolute atomic E-state index is 12.3. The summed E-state index contributed by atoms with van der Waals surface area (Å²) in [5, 5.41) is 0. The Labute approximate surface area is 125 Å². The van der Waals surface area contributed by atoms with E-state index in [2.05, 4.69) is 41.1 Å². The van der Waals surface area contributed by atoms with Gasteiger partial charge in [0.25, 0.3) is 5.91 Å². The Balaban J connectivity index is 1.56. The van der Waals surface area contributed by atoms with E-state index < -0.39 is 0 Å². The molecule has 1 aromatic carbocycles. The van der Waals surface area contributed by atoms with Crippen LogP contribution in [0.5, 0.6) is 0 Å². The van der Waals surface area contributed by atoms with E-state index in [0.717, 1.165) is 38.3 Å². The molecule has 0 radical (unpaired) electrons. The molecule has 1 amide bonds. The second-order valence-electron chi connectivity index (χ2n) is 5.59. The molecule has 0 bridgehead atoms. The molecule has 21 heavy (non-hydrogen) atoms. The molecule has 0 aliphatic carbocycles. The highest BCUT2D eigenvalue weighted by Gasteiger charge is 2.22. The minimum absolute atomic E-state index is 0.131. The number of H-pyrrole nitrogens is 1. The molecule has 0 unspecified atom stereocenters. The van der Waals surface area contributed by atoms with Gasteiger partial charge in [-0.25, -0.2) is 0 Å². The Kier molecular flexibility index (Phi) is 4.06. The Hall–Kier alpha value is -2.07. The fourth-order valence-corrected chi connectivity index (χ4v) is 2.78. The smallest absolute Gasteiger partial charge is 0.255 e. The number of hydrogen-bond acceptors (Lipinski definition) is 2. The maximum Gasteiger partial charge on any atom is 0.255 e. The van der Waals surface area contributed by atoms with Crippen molar-refractivity contribution in [1.29, 1.82) is 0 Å². The van der Waals surface area contributed by atoms with Gasteiger partial charge in [0.2, 0.25) is 0 Å². The van der Waals surface area contributed by atoms with Gasteiger partial charge in [0, 0.05) is 45.1 Å². The first-order chi connectivity index (χ1) is 10.2. The van der Waals surface area contributed by atoms with Crippen molar-refractivity contribution in [3.05, 3.63) is 59.4 Å². The number of piperazine rings is 1. The molecule has 110 valence electrons. The van der Waals surface area contributed by atoms with E-state index in [9.17, 15) is 4.79 Å². The quantitative estimate of drug-likeness (QED) is 0.938. The van der Waals surface area contributed by atoms with Crippen molar-refractivity contribution >= 4 is 5.91 Å². The molecule has 4 heteroatoms. The Morgan fingerprint density at radius 2 is 1.90 bits per heavy atom. The van der Waals surface area contributed by atoms with Gasteiger partial charge in [0.15, 0.2) is 0 Å². The lowest BCUT2D eigenvalue weighted by molar-refractivity contribution is 0.0628. The number of benzene rings is 1. The topological polar surface area (TPSA) is 39.3 Å². The molecule has 1 aromatic heterocycles. The summed E-state index contributed by atoms with van der Waals surface area (Å²) in [6.45, 7) is 6.60. The van der Waals surface area contributed by atoms with E-state index in [1.165, 1.54) is 11.1 Å². The molecular formula is C17H21N3O. The van der Waals surface area contributed by atoms with Crippen molar-refractivity contribution in [2.24, 2.45) is 0 Å². The third-order valence-corrected chi connectivity index (χ3v) is 4.16. The molecule has 1 N–H and O–H groups in total. The summed E-state index contributed by atoms with van der Waals surface area (Å²) in [5.74, 6) is 0.131. The predicted octanol–water partition coefficient (Wildman–Crippen LogP) is 2.28. The van der Waals surface area contributed by atoms with Gasteiger partial charge in [0.1, 0.15) is 0 Å². The highest BCUT2D eigenvalue weighted by Crippen LogP contribution is 2.13. The molecule has 2 aromatic rings. The molecule has 1 fully saturated rings. The summed E-state index contributed by atoms with van der Waals surface area (Å²) >= 11 is 0. The van der Waals surface area contributed by atoms with Gasteiger partial charge < -0.3 is 9.88 Å². The maximum atomic E-state index is 12.3. The number of hydrogen-bond donors (Lipinski definition) is 1. The molecule has 0 atom stereocenters. The first-order valence-electron chi connectivity index (χ1n) is 7.43. The van der Waals surface area contributed by atoms with Gasteiger partial charge >= 0.3 is 0 Å². The van der Waals surface area contributed by atoms with E-state index in [0.29, 0.717) is 0 Å². The van der Waals surface area contributed by atoms with Crippen LogP contribution < -0.4 is 0 Å². The first-order valence-corrected chi connectivity index (χ1v) is 7.43. The number of aryl methyl sites for hydroxylation is 1. The Bertz CT molecular complexity index is 598. The zero-order valence-corrected chi connectivity index (χ0v) is 12.4. The van der Waals surface area contributed by atoms with Crippen molar-refractivity contribution in [1.82, 2.24) is 14.8 Å². The number of amides is 1. The highest BCUT2D eigenvalue weighted by atomic mass is 16.2. The molecule has 0 saturated carbocycles. The van der Waals surface area contributed by atoms with E-state index in [4.69, 9.17) is 0 Å². The van der Waals surface area contributed by atoms with Crippen LogP contribution in [0.4, 0.5) is 0 Å². The Morgan fingerprint density at radius 3 is 2.57 bits per heavy atom. The Morgan fingerprint density at radius 1 is 1.14 bits per heavy atom. The van der Waals surface area contributed by atoms with E-state index in [1.807, 2.05) is 11.0 Å². The van der Waals surface area contributed by atoms with E-state index >= 15 is 0 Å². The molecule has 1 aliphatic rings. The van der Waals surface area contributed by atoms with Crippen LogP contribution in [0.2, 0.25) is 0 Å². The summed E-state index contributed by atoms with van der Waals surface area (Å²) in [6.07, 6.45) is 3.56. The van der Waals surface area contributed by atoms with Gasteiger partial charge in [-0.05, 0) is 24.1 Å². The number of carbonyl (C=O) groups is 1. The van der Waals surface area contributed by atoms with Crippen LogP contribution in [0.3, 0.4) is 0 Å². The van der Waals surface area contributed by atoms with Crippen molar-refractivity contribution < 1.29 is 4.79 Å². The van der Waals surface area contributed by atoms with Crippen LogP contribution >= 0.6 is 0 Å². The number of aromatic nitrogens is 1. The summed E-state index contributed by atoms with van der Waals surface area (Å²) in [7, 11) is 0. The van der Waals surface area contributed by atoms with Gasteiger partial charge in [-0.2, -0.15) is 0 Å². The second-order valence-corrected chi connectivity index (χ2v) is 5.59. The van der Waals surface area contributed by atoms with Crippen molar-refractivity contribution in [3.63, 3.8) is 0 Å². The fourth-order valence-electron chi connectivity index (χ4n) is 2.78. The predicted molar refractivity (Wildman–Crippen MR) is 83.2 cm³/mol. The van der Waals surface area contributed by atoms with Crippen LogP contribution in [0.15, 0.2) is 42.7 Å². The lowest BCUT2D eigenvalue weighted by atomic mass is 10.1. The fraction of sp³-hybridized carbons (Fsp3) is 0.353. The summed E-state index contributed by atoms with van der Waals surface area (Å²) in [4.78, 5) is 19.6. The SMILES string of the molecule is Cc1ccccc1CN1CCN(C(=O)c2cc[nH]c2)CC1. The molecule has 1 saturated heterocycles. The minimum atomic E-state index is 0.131. The number of nitrogens with one attached hydrogen (secondary N) is 1. The van der Waals surface area contributed by atoms with Gasteiger partial charge in [-0.3, -0.25) is 9.69 Å². The van der Waals surface area contributed by atoms with Crippen LogP contribution in [0, 0.1) is 6.92 Å². The summed E-state index contributed by atoms with van der Waals surface area (Å²) in [6, 6.07) is 10.3. The average Bonchev–Trinajstić information content (AvgIpc) is 3.04. The average molecular weight is 283 g/mol. The second kappa shape index (κ2) is 6.14. The van der Waals surface area contributed by atoms with Gasteiger partial charge in [-0.1, -0.05) is 24.3 Å². The lowest BCUT2D eigenvalue weighted by Crippen LogP contribution is -2.48. The normalized spacial score (nSPS) is 16.1. The first kappa shape index (κ1) is 13.9. The summed E-state index contributed by atoms with van der Waals surface area (Å²) in [5.41, 5.74) is 3.47. The molecule has 0 spiro atoms. The zero-order valence-electron chi connectivity index (χ0n) is 12.4. The number of rotatable bonds is 3. The van der Waals surface area contributed by atoms with Gasteiger partial charge in [0.05, 0.1) is 5.56 Å². The molecule has 4 nitrogen and oxygen atoms in total. The van der Waals surface area contributed by atoms with E-state index in [-0.39, 0.29) is 5.91 Å². The highest BCUT2D eigenvalue weighted by molar-refractivity contribution is 5.94. The van der Waals surface area contributed by atoms with Crippen LogP contribution in [-0.4, -0.2) is 46.9 Å². The number of aromatic amines is 1. The monoisotopic (exact) mass is 283 g/mol. The van der Waals surface area contributed by atoms with E-state index in [1.54, 1.807) is 12.4 Å². The molecule has 1 aliphatic heterocycles. The standard InChI is InChI=1S/C17H21N3O/c1-14-4-2-3-5-16(14)13-19-8-10-20(11-9-19)17(21)15-6-7-18-12-15/h2-7,12,18H,8-11,13H2,1H3. The van der Waals surface area contributed by atoms with Crippen LogP contribution in [0.1, 0.15) is 21.5 Å². The van der Waals surface area contributed by atoms with Crippen LogP contribution in [-0.2, 0) is 6.54 Å². The molecule has 3 rings (SSSR count). The van der Waals surface area contributed by atoms with Gasteiger partial charge in [-0.15, -0.1) is 0 Å². The minimum Gasteiger partial charge on any atom is -0.367 e.